The summed E-state index contributed by atoms with van der Waals surface area (Å²) in [4.78, 5) is 58.7. The molecule has 0 radical (unpaired) electrons. The van der Waals surface area contributed by atoms with Gasteiger partial charge in [0.05, 0.1) is 26.4 Å². The Kier molecular flexibility index (Phi) is 76.6. The fourth-order valence-corrected chi connectivity index (χ4v) is 12.3. The van der Waals surface area contributed by atoms with Crippen molar-refractivity contribution in [2.24, 2.45) is 0 Å². The lowest BCUT2D eigenvalue weighted by atomic mass is 10.0. The van der Waals surface area contributed by atoms with E-state index in [0.717, 1.165) is 180 Å². The summed E-state index contributed by atoms with van der Waals surface area (Å²) in [6, 6.07) is 0. The van der Waals surface area contributed by atoms with E-state index in [1.54, 1.807) is 0 Å². The minimum absolute atomic E-state index is 0.0791. The van der Waals surface area contributed by atoms with E-state index in [0.29, 0.717) is 19.3 Å². The van der Waals surface area contributed by atoms with Crippen LogP contribution in [0.4, 0.5) is 0 Å². The van der Waals surface area contributed by atoms with Crippen molar-refractivity contribution >= 4 is 33.6 Å². The molecule has 0 aliphatic heterocycles. The fourth-order valence-electron chi connectivity index (χ4n) is 10.7. The van der Waals surface area contributed by atoms with Crippen LogP contribution in [-0.2, 0) is 55.8 Å². The van der Waals surface area contributed by atoms with Crippen LogP contribution in [-0.4, -0.2) is 95.9 Å². The standard InChI is InChI=1S/C89H148O16P2/c1-4-7-10-13-16-19-22-25-28-30-32-34-36-38-39-40-41-42-43-45-47-48-50-52-55-57-60-63-66-69-72-75-87(92)99-78-84(90)79-101-106(95,96)102-80-85(91)81-103-107(97,98)104-83-86(105-89(94)77-74-71-68-65-62-59-54-27-24-21-18-15-12-9-6-3)82-100-88(93)76-73-70-67-64-61-58-56-53-51-49-46-44-37-35-33-31-29-26-23-20-17-14-11-8-5-2/h7-12,16-21,25-29,32-35,38-39,41-42,44,46,54,84-86,90-91H,4-6,13-15,22-24,30-31,36-37,40,43,45,47-53,55-83H2,1-3H3,(H,95,96)(H,97,98)/b10-7-,11-8-,12-9-,19-16-,20-17-,21-18-,28-25-,29-26-,34-32-,35-33-,39-38-,42-41-,46-44-,54-27-. The molecule has 0 saturated heterocycles. The second-order valence-corrected chi connectivity index (χ2v) is 30.0. The summed E-state index contributed by atoms with van der Waals surface area (Å²) < 4.78 is 61.2. The summed E-state index contributed by atoms with van der Waals surface area (Å²) >= 11 is 0. The van der Waals surface area contributed by atoms with Crippen LogP contribution in [0.3, 0.4) is 0 Å². The average Bonchev–Trinajstić information content (AvgIpc) is 0.906. The molecule has 0 amide bonds. The van der Waals surface area contributed by atoms with Gasteiger partial charge < -0.3 is 34.2 Å². The van der Waals surface area contributed by atoms with Gasteiger partial charge in [-0.25, -0.2) is 9.13 Å². The maximum absolute atomic E-state index is 13.0. The van der Waals surface area contributed by atoms with Crippen LogP contribution < -0.4 is 0 Å². The van der Waals surface area contributed by atoms with E-state index in [1.807, 2.05) is 0 Å². The number of hydrogen-bond acceptors (Lipinski definition) is 14. The Balaban J connectivity index is 4.53. The first-order valence-electron chi connectivity index (χ1n) is 41.4. The lowest BCUT2D eigenvalue weighted by molar-refractivity contribution is -0.161. The second kappa shape index (κ2) is 80.4. The summed E-state index contributed by atoms with van der Waals surface area (Å²) in [5.74, 6) is -1.61. The van der Waals surface area contributed by atoms with Crippen molar-refractivity contribution in [1.82, 2.24) is 0 Å². The van der Waals surface area contributed by atoms with Gasteiger partial charge >= 0.3 is 33.6 Å². The van der Waals surface area contributed by atoms with Crippen molar-refractivity contribution in [2.75, 3.05) is 39.6 Å². The number of carbonyl (C=O) groups is 3. The van der Waals surface area contributed by atoms with Crippen LogP contribution in [0.15, 0.2) is 170 Å². The molecule has 16 nitrogen and oxygen atoms in total. The van der Waals surface area contributed by atoms with Crippen molar-refractivity contribution in [3.8, 4) is 0 Å². The Morgan fingerprint density at radius 1 is 0.262 bits per heavy atom. The molecule has 107 heavy (non-hydrogen) atoms. The van der Waals surface area contributed by atoms with E-state index >= 15 is 0 Å². The van der Waals surface area contributed by atoms with Crippen LogP contribution in [0.5, 0.6) is 0 Å². The lowest BCUT2D eigenvalue weighted by Crippen LogP contribution is -2.30. The van der Waals surface area contributed by atoms with Gasteiger partial charge in [-0.1, -0.05) is 319 Å². The number of phosphoric ester groups is 2. The first-order chi connectivity index (χ1) is 52.2. The molecule has 0 heterocycles. The first-order valence-corrected chi connectivity index (χ1v) is 44.4. The number of carbonyl (C=O) groups excluding carboxylic acids is 3. The Labute approximate surface area is 650 Å². The highest BCUT2D eigenvalue weighted by atomic mass is 31.2. The topological polar surface area (TPSA) is 231 Å². The van der Waals surface area contributed by atoms with Crippen molar-refractivity contribution in [3.63, 3.8) is 0 Å². The average molecular weight is 1540 g/mol. The third kappa shape index (κ3) is 81.7. The predicted molar refractivity (Wildman–Crippen MR) is 445 cm³/mol. The number of phosphoric acid groups is 2. The zero-order valence-electron chi connectivity index (χ0n) is 66.7. The quantitative estimate of drug-likeness (QED) is 0.0146. The van der Waals surface area contributed by atoms with E-state index in [2.05, 4.69) is 191 Å². The molecule has 0 aliphatic rings. The largest absolute Gasteiger partial charge is 0.472 e. The van der Waals surface area contributed by atoms with Gasteiger partial charge in [0.1, 0.15) is 25.4 Å². The normalized spacial score (nSPS) is 14.8. The molecule has 5 unspecified atom stereocenters. The molecule has 0 fully saturated rings. The van der Waals surface area contributed by atoms with Crippen molar-refractivity contribution in [1.29, 1.82) is 0 Å². The van der Waals surface area contributed by atoms with Gasteiger partial charge in [0.15, 0.2) is 6.10 Å². The Morgan fingerprint density at radius 3 is 0.738 bits per heavy atom. The van der Waals surface area contributed by atoms with E-state index in [4.69, 9.17) is 32.3 Å². The highest BCUT2D eigenvalue weighted by Gasteiger charge is 2.29. The van der Waals surface area contributed by atoms with Gasteiger partial charge in [-0.15, -0.1) is 0 Å². The van der Waals surface area contributed by atoms with Gasteiger partial charge in [-0.3, -0.25) is 32.5 Å². The van der Waals surface area contributed by atoms with Crippen LogP contribution in [0.1, 0.15) is 316 Å². The first kappa shape index (κ1) is 102. The van der Waals surface area contributed by atoms with Crippen LogP contribution in [0.25, 0.3) is 0 Å². The minimum Gasteiger partial charge on any atom is -0.463 e. The van der Waals surface area contributed by atoms with Crippen molar-refractivity contribution in [3.05, 3.63) is 170 Å². The maximum Gasteiger partial charge on any atom is 0.472 e. The molecule has 4 N–H and O–H groups in total. The molecular weight excluding hydrogens is 1390 g/mol. The molecule has 0 spiro atoms. The van der Waals surface area contributed by atoms with E-state index in [9.17, 15) is 43.5 Å². The highest BCUT2D eigenvalue weighted by Crippen LogP contribution is 2.45. The number of unbranched alkanes of at least 4 members (excludes halogenated alkanes) is 26. The molecule has 0 rings (SSSR count). The molecule has 18 heteroatoms. The Hall–Kier alpha value is -5.09. The SMILES string of the molecule is CC/C=C\C/C=C\C/C=C\C/C=C\C/C=C\C/C=C\CCCCCCCCCCCCCCC(=O)OCC(O)COP(=O)(O)OCC(O)COP(=O)(O)OCC(COC(=O)CCCCCCCCCCC/C=C\C/C=C\C/C=C\C/C=C\C/C=C\CC)OC(=O)CCCCCCC/C=C\C/C=C\C/C=C\CC. The third-order valence-electron chi connectivity index (χ3n) is 16.9. The second-order valence-electron chi connectivity index (χ2n) is 27.1. The summed E-state index contributed by atoms with van der Waals surface area (Å²) in [5, 5.41) is 20.7. The molecule has 0 saturated carbocycles. The van der Waals surface area contributed by atoms with E-state index in [1.165, 1.54) is 77.0 Å². The Bertz CT molecular complexity index is 2620. The van der Waals surface area contributed by atoms with Crippen molar-refractivity contribution < 1.29 is 75.8 Å². The molecule has 610 valence electrons. The third-order valence-corrected chi connectivity index (χ3v) is 18.8. The van der Waals surface area contributed by atoms with Crippen LogP contribution >= 0.6 is 15.6 Å². The Morgan fingerprint density at radius 2 is 0.467 bits per heavy atom. The molecule has 0 bridgehead atoms. The number of hydrogen-bond donors (Lipinski definition) is 4. The zero-order chi connectivity index (χ0) is 78.0. The zero-order valence-corrected chi connectivity index (χ0v) is 68.5. The smallest absolute Gasteiger partial charge is 0.463 e. The van der Waals surface area contributed by atoms with Crippen LogP contribution in [0, 0.1) is 0 Å². The lowest BCUT2D eigenvalue weighted by Gasteiger charge is -2.21. The van der Waals surface area contributed by atoms with Gasteiger partial charge in [0.25, 0.3) is 0 Å². The summed E-state index contributed by atoms with van der Waals surface area (Å²) in [7, 11) is -9.81. The molecule has 0 aliphatic carbocycles. The molecule has 0 aromatic heterocycles. The van der Waals surface area contributed by atoms with Crippen molar-refractivity contribution in [2.45, 2.75) is 334 Å². The minimum atomic E-state index is -4.94. The van der Waals surface area contributed by atoms with Gasteiger partial charge in [0.2, 0.25) is 0 Å². The van der Waals surface area contributed by atoms with E-state index < -0.39 is 91.5 Å². The molecule has 5 atom stereocenters. The number of allylic oxidation sites excluding steroid dienone is 28. The molecule has 0 aromatic rings. The number of esters is 3. The molecular formula is C89H148O16P2. The van der Waals surface area contributed by atoms with Gasteiger partial charge in [-0.05, 0) is 148 Å². The monoisotopic (exact) mass is 1540 g/mol. The van der Waals surface area contributed by atoms with Gasteiger partial charge in [0, 0.05) is 19.3 Å². The number of aliphatic hydroxyl groups excluding tert-OH is 2. The van der Waals surface area contributed by atoms with E-state index in [-0.39, 0.29) is 19.3 Å². The highest BCUT2D eigenvalue weighted by molar-refractivity contribution is 7.47. The number of aliphatic hydroxyl groups is 2. The predicted octanol–water partition coefficient (Wildman–Crippen LogP) is 24.8. The molecule has 0 aromatic carbocycles. The van der Waals surface area contributed by atoms with Gasteiger partial charge in [-0.2, -0.15) is 0 Å². The van der Waals surface area contributed by atoms with Crippen LogP contribution in [0.2, 0.25) is 0 Å². The fraction of sp³-hybridized carbons (Fsp3) is 0.652. The number of rotatable bonds is 77. The summed E-state index contributed by atoms with van der Waals surface area (Å²) in [6.45, 7) is 2.32. The summed E-state index contributed by atoms with van der Waals surface area (Å²) in [5.41, 5.74) is 0. The summed E-state index contributed by atoms with van der Waals surface area (Å²) in [6.07, 6.45) is 103. The number of ether oxygens (including phenoxy) is 3. The maximum atomic E-state index is 13.0.